The van der Waals surface area contributed by atoms with Crippen LogP contribution in [-0.2, 0) is 13.1 Å². The lowest BCUT2D eigenvalue weighted by Crippen LogP contribution is -3.00. The first kappa shape index (κ1) is 26.7. The van der Waals surface area contributed by atoms with Gasteiger partial charge in [0, 0.05) is 65.4 Å². The number of quaternary nitrogens is 2. The van der Waals surface area contributed by atoms with E-state index in [1.165, 1.54) is 125 Å². The van der Waals surface area contributed by atoms with E-state index in [0.717, 1.165) is 13.1 Å². The van der Waals surface area contributed by atoms with Gasteiger partial charge in [0.25, 0.3) is 0 Å². The molecule has 8 aliphatic heterocycles. The zero-order chi connectivity index (χ0) is 23.5. The van der Waals surface area contributed by atoms with E-state index in [1.807, 2.05) is 0 Å². The van der Waals surface area contributed by atoms with Crippen molar-refractivity contribution in [1.82, 2.24) is 34.4 Å². The quantitative estimate of drug-likeness (QED) is 0.299. The molecule has 8 saturated heterocycles. The monoisotopic (exact) mass is 651 g/mol. The third kappa shape index (κ3) is 3.73. The second kappa shape index (κ2) is 9.68. The molecular formula is C27H43Br2N9. The number of nitrogens with zero attached hydrogens (tertiary/aromatic N) is 9. The number of hydrogen-bond donors (Lipinski definition) is 0. The van der Waals surface area contributed by atoms with Crippen LogP contribution in [0.5, 0.6) is 0 Å². The molecular weight excluding hydrogens is 610 g/mol. The first-order valence-corrected chi connectivity index (χ1v) is 14.8. The molecule has 9 rings (SSSR count). The Morgan fingerprint density at radius 3 is 1.29 bits per heavy atom. The summed E-state index contributed by atoms with van der Waals surface area (Å²) >= 11 is 0. The van der Waals surface area contributed by atoms with Crippen LogP contribution in [0.25, 0.3) is 0 Å². The van der Waals surface area contributed by atoms with Crippen molar-refractivity contribution in [2.45, 2.75) is 37.8 Å². The average molecular weight is 654 g/mol. The van der Waals surface area contributed by atoms with Crippen molar-refractivity contribution in [1.29, 1.82) is 0 Å². The Hall–Kier alpha value is -0.210. The normalized spacial score (nSPS) is 42.5. The summed E-state index contributed by atoms with van der Waals surface area (Å²) in [7, 11) is 0. The van der Waals surface area contributed by atoms with Crippen LogP contribution in [0.3, 0.4) is 0 Å². The van der Waals surface area contributed by atoms with E-state index >= 15 is 0 Å². The second-order valence-electron chi connectivity index (χ2n) is 13.1. The summed E-state index contributed by atoms with van der Waals surface area (Å²) in [6.07, 6.45) is 2.59. The summed E-state index contributed by atoms with van der Waals surface area (Å²) in [4.78, 5) is 22.2. The lowest BCUT2D eigenvalue weighted by atomic mass is 10.1. The van der Waals surface area contributed by atoms with Crippen LogP contribution in [0, 0.1) is 0 Å². The number of hydrogen-bond acceptors (Lipinski definition) is 7. The van der Waals surface area contributed by atoms with Gasteiger partial charge in [0.05, 0.1) is 50.7 Å². The largest absolute Gasteiger partial charge is 1.00 e. The molecule has 0 N–H and O–H groups in total. The molecule has 6 unspecified atom stereocenters. The van der Waals surface area contributed by atoms with Gasteiger partial charge >= 0.3 is 0 Å². The first-order valence-electron chi connectivity index (χ1n) is 14.8. The predicted molar refractivity (Wildman–Crippen MR) is 136 cm³/mol. The maximum atomic E-state index is 5.44. The highest BCUT2D eigenvalue weighted by atomic mass is 79.9. The maximum Gasteiger partial charge on any atom is 0.175 e. The molecule has 0 aliphatic carbocycles. The lowest BCUT2D eigenvalue weighted by molar-refractivity contribution is -0.967. The Morgan fingerprint density at radius 2 is 0.868 bits per heavy atom. The fourth-order valence-electron chi connectivity index (χ4n) is 10.1. The minimum absolute atomic E-state index is 0. The zero-order valence-electron chi connectivity index (χ0n) is 22.6. The molecule has 210 valence electrons. The molecule has 0 amide bonds. The topological polar surface area (TPSA) is 32.3 Å². The number of pyridine rings is 1. The van der Waals surface area contributed by atoms with Gasteiger partial charge < -0.3 is 34.0 Å². The summed E-state index contributed by atoms with van der Waals surface area (Å²) in [5.41, 5.74) is 2.69. The van der Waals surface area contributed by atoms with Crippen LogP contribution in [0.1, 0.15) is 11.4 Å². The van der Waals surface area contributed by atoms with E-state index in [9.17, 15) is 0 Å². The first-order chi connectivity index (χ1) is 17.7. The molecule has 9 heterocycles. The predicted octanol–water partition coefficient (Wildman–Crippen LogP) is -7.05. The summed E-state index contributed by atoms with van der Waals surface area (Å²) < 4.78 is 2.49. The fourth-order valence-corrected chi connectivity index (χ4v) is 10.1. The van der Waals surface area contributed by atoms with Gasteiger partial charge in [-0.2, -0.15) is 0 Å². The van der Waals surface area contributed by atoms with E-state index in [1.54, 1.807) is 0 Å². The molecule has 8 fully saturated rings. The van der Waals surface area contributed by atoms with Crippen molar-refractivity contribution in [3.05, 3.63) is 29.6 Å². The zero-order valence-corrected chi connectivity index (χ0v) is 25.7. The number of aromatic nitrogens is 1. The van der Waals surface area contributed by atoms with E-state index in [0.29, 0.717) is 24.7 Å². The van der Waals surface area contributed by atoms with E-state index in [2.05, 4.69) is 47.6 Å². The van der Waals surface area contributed by atoms with Gasteiger partial charge in [0.15, 0.2) is 12.3 Å². The molecule has 0 saturated carbocycles. The van der Waals surface area contributed by atoms with Crippen LogP contribution < -0.4 is 34.0 Å². The molecule has 1 aromatic rings. The van der Waals surface area contributed by atoms with Gasteiger partial charge in [-0.25, -0.2) is 14.8 Å². The molecule has 0 bridgehead atoms. The highest BCUT2D eigenvalue weighted by molar-refractivity contribution is 5.11. The van der Waals surface area contributed by atoms with Crippen molar-refractivity contribution in [2.24, 2.45) is 0 Å². The number of halogens is 2. The number of piperazine rings is 4. The van der Waals surface area contributed by atoms with E-state index in [4.69, 9.17) is 4.98 Å². The molecule has 6 atom stereocenters. The van der Waals surface area contributed by atoms with Crippen LogP contribution in [-0.4, -0.2) is 173 Å². The molecule has 0 spiro atoms. The fraction of sp³-hybridized carbons (Fsp3) is 0.815. The third-order valence-corrected chi connectivity index (χ3v) is 11.7. The lowest BCUT2D eigenvalue weighted by Gasteiger charge is -2.54. The minimum Gasteiger partial charge on any atom is -1.00 e. The molecule has 8 aliphatic rings. The Morgan fingerprint density at radius 1 is 0.526 bits per heavy atom. The van der Waals surface area contributed by atoms with Gasteiger partial charge in [-0.3, -0.25) is 28.6 Å². The highest BCUT2D eigenvalue weighted by Gasteiger charge is 2.62. The highest BCUT2D eigenvalue weighted by Crippen LogP contribution is 2.41. The second-order valence-corrected chi connectivity index (χ2v) is 13.1. The Bertz CT molecular complexity index is 974. The van der Waals surface area contributed by atoms with E-state index in [-0.39, 0.29) is 34.0 Å². The van der Waals surface area contributed by atoms with Crippen molar-refractivity contribution in [3.8, 4) is 0 Å². The standard InChI is InChI=1S/C27H43N9.2BrH/c1-2-22(20-35-16-12-31-6-4-29-8-10-33(14-18-35)26(35)24(29)31)28-23(3-1)21-36-17-13-32-7-5-30-9-11-34(15-19-36)27(36)25(30)32;;/h1-3,24-27H,4-21H2;2*1H/q+2;;/p-2. The smallest absolute Gasteiger partial charge is 0.175 e. The van der Waals surface area contributed by atoms with Crippen molar-refractivity contribution >= 4 is 0 Å². The minimum atomic E-state index is 0. The summed E-state index contributed by atoms with van der Waals surface area (Å²) in [5, 5.41) is 0. The summed E-state index contributed by atoms with van der Waals surface area (Å²) in [5.74, 6) is 0. The van der Waals surface area contributed by atoms with E-state index < -0.39 is 0 Å². The van der Waals surface area contributed by atoms with Crippen LogP contribution >= 0.6 is 0 Å². The van der Waals surface area contributed by atoms with Gasteiger partial charge in [-0.1, -0.05) is 6.07 Å². The molecule has 11 heteroatoms. The van der Waals surface area contributed by atoms with Gasteiger partial charge in [0.1, 0.15) is 25.4 Å². The van der Waals surface area contributed by atoms with Crippen molar-refractivity contribution in [2.75, 3.05) is 105 Å². The molecule has 0 radical (unpaired) electrons. The van der Waals surface area contributed by atoms with Crippen molar-refractivity contribution in [3.63, 3.8) is 0 Å². The van der Waals surface area contributed by atoms with Crippen molar-refractivity contribution < 1.29 is 42.9 Å². The average Bonchev–Trinajstić information content (AvgIpc) is 3.66. The van der Waals surface area contributed by atoms with Gasteiger partial charge in [0.2, 0.25) is 0 Å². The van der Waals surface area contributed by atoms with Crippen LogP contribution in [0.4, 0.5) is 0 Å². The molecule has 0 aromatic carbocycles. The molecule has 1 aromatic heterocycles. The number of rotatable bonds is 4. The summed E-state index contributed by atoms with van der Waals surface area (Å²) in [6.45, 7) is 22.6. The third-order valence-electron chi connectivity index (χ3n) is 11.7. The van der Waals surface area contributed by atoms with Crippen LogP contribution in [0.15, 0.2) is 18.2 Å². The Kier molecular flexibility index (Phi) is 6.79. The molecule has 38 heavy (non-hydrogen) atoms. The summed E-state index contributed by atoms with van der Waals surface area (Å²) in [6, 6.07) is 7.01. The SMILES string of the molecule is [Br-].[Br-].c1cc(C[N+]23CCN4CCN5CCN(CC2)C3C54)nc(C[N+]23CCN4CCN5CCN(CC2)C3C54)c1. The Balaban J connectivity index is 0.00000121. The van der Waals surface area contributed by atoms with Gasteiger partial charge in [-0.15, -0.1) is 0 Å². The maximum absolute atomic E-state index is 5.44. The molecule has 9 nitrogen and oxygen atoms in total. The van der Waals surface area contributed by atoms with Crippen LogP contribution in [0.2, 0.25) is 0 Å². The van der Waals surface area contributed by atoms with Gasteiger partial charge in [-0.05, 0) is 12.1 Å². The Labute approximate surface area is 248 Å².